The van der Waals surface area contributed by atoms with Gasteiger partial charge in [0.1, 0.15) is 0 Å². The molecule has 0 fully saturated rings. The summed E-state index contributed by atoms with van der Waals surface area (Å²) in [7, 11) is -12.8. The topological polar surface area (TPSA) is 68.3 Å². The summed E-state index contributed by atoms with van der Waals surface area (Å²) in [4.78, 5) is 0. The molecule has 0 aliphatic heterocycles. The summed E-state index contributed by atoms with van der Waals surface area (Å²) in [5, 5.41) is 0. The van der Waals surface area contributed by atoms with E-state index in [-0.39, 0.29) is 13.1 Å². The Bertz CT molecular complexity index is 451. The number of rotatable bonds is 2. The summed E-state index contributed by atoms with van der Waals surface area (Å²) in [6.07, 6.45) is -5.73. The summed E-state index contributed by atoms with van der Waals surface area (Å²) in [5.41, 5.74) is -12.1. The Balaban J connectivity index is 6.14. The molecule has 0 saturated carbocycles. The molecule has 104 valence electrons. The average molecular weight is 324 g/mol. The summed E-state index contributed by atoms with van der Waals surface area (Å²) >= 11 is 0. The molecule has 0 saturated heterocycles. The Labute approximate surface area is 92.7 Å². The van der Waals surface area contributed by atoms with Crippen LogP contribution in [-0.2, 0) is 18.6 Å². The van der Waals surface area contributed by atoms with Crippen LogP contribution in [0.5, 0.6) is 0 Å². The van der Waals surface area contributed by atoms with E-state index in [0.29, 0.717) is 0 Å². The number of alkyl halides is 6. The van der Waals surface area contributed by atoms with E-state index >= 15 is 0 Å². The van der Waals surface area contributed by atoms with E-state index in [2.05, 4.69) is 0 Å². The van der Waals surface area contributed by atoms with Crippen LogP contribution >= 0.6 is 0 Å². The average Bonchev–Trinajstić information content (AvgIpc) is 1.98. The fraction of sp³-hybridized carbons (Fsp3) is 1.00. The number of hydrogen-bond donors (Lipinski definition) is 0. The Morgan fingerprint density at radius 3 is 1.00 bits per heavy atom. The molecule has 0 aliphatic carbocycles. The largest absolute Gasteiger partial charge is 0.492 e. The molecule has 0 aliphatic rings. The summed E-state index contributed by atoms with van der Waals surface area (Å²) < 4.78 is 116. The molecule has 4 nitrogen and oxygen atoms in total. The standard InChI is InChI=1S/C4H6F6O4S2Si/c1-17(2,15(11,12)3(5,6)7)16(13,14)4(8,9)10/h1-2H3. The lowest BCUT2D eigenvalue weighted by molar-refractivity contribution is -0.0425. The lowest BCUT2D eigenvalue weighted by Crippen LogP contribution is -2.56. The van der Waals surface area contributed by atoms with E-state index in [9.17, 15) is 43.2 Å². The van der Waals surface area contributed by atoms with E-state index < -0.39 is 36.0 Å². The SMILES string of the molecule is C[Si](C)(S(=O)(=O)C(F)(F)F)S(=O)(=O)C(F)(F)F. The van der Waals surface area contributed by atoms with E-state index in [1.807, 2.05) is 0 Å². The Kier molecular flexibility index (Phi) is 3.78. The fourth-order valence-electron chi connectivity index (χ4n) is 0.702. The highest BCUT2D eigenvalue weighted by Crippen LogP contribution is 2.40. The highest BCUT2D eigenvalue weighted by molar-refractivity contribution is 8.51. The predicted octanol–water partition coefficient (Wildman–Crippen LogP) is 1.56. The van der Waals surface area contributed by atoms with Crippen molar-refractivity contribution in [2.24, 2.45) is 0 Å². The van der Waals surface area contributed by atoms with E-state index in [1.165, 1.54) is 0 Å². The molecule has 0 unspecified atom stereocenters. The first kappa shape index (κ1) is 16.7. The molecule has 0 N–H and O–H groups in total. The van der Waals surface area contributed by atoms with Crippen LogP contribution in [0.2, 0.25) is 13.1 Å². The predicted molar refractivity (Wildman–Crippen MR) is 47.4 cm³/mol. The lowest BCUT2D eigenvalue weighted by Gasteiger charge is -2.24. The van der Waals surface area contributed by atoms with Crippen molar-refractivity contribution in [3.63, 3.8) is 0 Å². The third kappa shape index (κ3) is 2.31. The summed E-state index contributed by atoms with van der Waals surface area (Å²) in [6, 6.07) is 0. The third-order valence-electron chi connectivity index (χ3n) is 1.90. The lowest BCUT2D eigenvalue weighted by atomic mass is 11.6. The van der Waals surface area contributed by atoms with Gasteiger partial charge in [0.25, 0.3) is 0 Å². The highest BCUT2D eigenvalue weighted by Gasteiger charge is 2.70. The van der Waals surface area contributed by atoms with Crippen molar-refractivity contribution in [1.82, 2.24) is 0 Å². The Morgan fingerprint density at radius 2 is 0.882 bits per heavy atom. The van der Waals surface area contributed by atoms with Gasteiger partial charge in [-0.15, -0.1) is 0 Å². The molecule has 0 bridgehead atoms. The van der Waals surface area contributed by atoms with Gasteiger partial charge in [0.05, 0.1) is 0 Å². The van der Waals surface area contributed by atoms with Gasteiger partial charge >= 0.3 is 17.4 Å². The monoisotopic (exact) mass is 324 g/mol. The molecule has 0 aromatic carbocycles. The quantitative estimate of drug-likeness (QED) is 0.571. The van der Waals surface area contributed by atoms with Gasteiger partial charge in [0.2, 0.25) is 18.6 Å². The second kappa shape index (κ2) is 3.84. The molecule has 13 heteroatoms. The van der Waals surface area contributed by atoms with Gasteiger partial charge < -0.3 is 0 Å². The molecule has 0 amide bonds. The van der Waals surface area contributed by atoms with Crippen molar-refractivity contribution in [3.8, 4) is 0 Å². The maximum Gasteiger partial charge on any atom is 0.492 e. The van der Waals surface area contributed by atoms with Crippen LogP contribution in [0, 0.1) is 0 Å². The first-order valence-corrected chi connectivity index (χ1v) is 11.0. The van der Waals surface area contributed by atoms with Gasteiger partial charge in [0, 0.05) is 0 Å². The van der Waals surface area contributed by atoms with Gasteiger partial charge in [-0.05, 0) is 13.1 Å². The Morgan fingerprint density at radius 1 is 0.706 bits per heavy atom. The molecule has 0 aromatic rings. The minimum absolute atomic E-state index is 0.0291. The van der Waals surface area contributed by atoms with E-state index in [1.54, 1.807) is 0 Å². The Hall–Kier alpha value is -0.303. The number of halogens is 6. The smallest absolute Gasteiger partial charge is 0.226 e. The van der Waals surface area contributed by atoms with Crippen LogP contribution in [0.4, 0.5) is 26.3 Å². The maximum absolute atomic E-state index is 12.1. The molecule has 0 radical (unpaired) electrons. The molecular formula is C4H6F6O4S2Si. The van der Waals surface area contributed by atoms with Crippen molar-refractivity contribution < 1.29 is 43.2 Å². The zero-order chi connectivity index (χ0) is 14.5. The van der Waals surface area contributed by atoms with E-state index in [0.717, 1.165) is 0 Å². The van der Waals surface area contributed by atoms with Gasteiger partial charge in [-0.2, -0.15) is 26.3 Å². The van der Waals surface area contributed by atoms with Crippen LogP contribution in [0.25, 0.3) is 0 Å². The summed E-state index contributed by atoms with van der Waals surface area (Å²) in [5.74, 6) is 0. The van der Waals surface area contributed by atoms with Crippen molar-refractivity contribution in [1.29, 1.82) is 0 Å². The summed E-state index contributed by atoms with van der Waals surface area (Å²) in [6.45, 7) is -0.0582. The molecule has 0 rings (SSSR count). The second-order valence-corrected chi connectivity index (χ2v) is 19.2. The molecule has 17 heavy (non-hydrogen) atoms. The minimum Gasteiger partial charge on any atom is -0.226 e. The highest BCUT2D eigenvalue weighted by atomic mass is 32.6. The van der Waals surface area contributed by atoms with Crippen molar-refractivity contribution in [3.05, 3.63) is 0 Å². The van der Waals surface area contributed by atoms with Crippen LogP contribution in [0.3, 0.4) is 0 Å². The van der Waals surface area contributed by atoms with Crippen LogP contribution in [0.15, 0.2) is 0 Å². The van der Waals surface area contributed by atoms with Crippen LogP contribution < -0.4 is 0 Å². The first-order chi connectivity index (χ1) is 7.00. The normalized spacial score (nSPS) is 16.0. The maximum atomic E-state index is 12.1. The molecule has 0 spiro atoms. The van der Waals surface area contributed by atoms with Crippen LogP contribution in [-0.4, -0.2) is 34.2 Å². The van der Waals surface area contributed by atoms with E-state index in [4.69, 9.17) is 0 Å². The first-order valence-electron chi connectivity index (χ1n) is 3.62. The molecule has 0 aromatic heterocycles. The van der Waals surface area contributed by atoms with Crippen molar-refractivity contribution in [2.75, 3.05) is 0 Å². The van der Waals surface area contributed by atoms with Crippen LogP contribution in [0.1, 0.15) is 0 Å². The number of hydrogen-bond acceptors (Lipinski definition) is 4. The van der Waals surface area contributed by atoms with Gasteiger partial charge in [-0.1, -0.05) is 0 Å². The second-order valence-electron chi connectivity index (χ2n) is 3.30. The van der Waals surface area contributed by atoms with Gasteiger partial charge in [-0.25, -0.2) is 16.8 Å². The van der Waals surface area contributed by atoms with Crippen molar-refractivity contribution >= 4 is 24.9 Å². The third-order valence-corrected chi connectivity index (χ3v) is 18.8. The van der Waals surface area contributed by atoms with Gasteiger partial charge in [0.15, 0.2) is 0 Å². The minimum atomic E-state index is -6.39. The zero-order valence-electron chi connectivity index (χ0n) is 8.22. The van der Waals surface area contributed by atoms with Gasteiger partial charge in [-0.3, -0.25) is 0 Å². The molecular weight excluding hydrogens is 318 g/mol. The molecule has 0 atom stereocenters. The zero-order valence-corrected chi connectivity index (χ0v) is 10.9. The molecule has 0 heterocycles. The fourth-order valence-corrected chi connectivity index (χ4v) is 10.6. The van der Waals surface area contributed by atoms with Crippen molar-refractivity contribution in [2.45, 2.75) is 24.1 Å².